The van der Waals surface area contributed by atoms with E-state index in [2.05, 4.69) is 6.07 Å². The fourth-order valence-corrected chi connectivity index (χ4v) is 2.71. The van der Waals surface area contributed by atoms with Gasteiger partial charge >= 0.3 is 0 Å². The second-order valence-corrected chi connectivity index (χ2v) is 5.80. The van der Waals surface area contributed by atoms with Gasteiger partial charge in [0, 0.05) is 15.8 Å². The minimum Gasteiger partial charge on any atom is -0.460 e. The molecule has 0 atom stereocenters. The Labute approximate surface area is 134 Å². The topological polar surface area (TPSA) is 30.2 Å². The highest BCUT2D eigenvalue weighted by Crippen LogP contribution is 2.27. The van der Waals surface area contributed by atoms with E-state index in [9.17, 15) is 4.79 Å². The molecule has 2 nitrogen and oxygen atoms in total. The molecule has 0 saturated heterocycles. The Bertz CT molecular complexity index is 870. The minimum absolute atomic E-state index is 0.142. The number of carbonyl (C=O) groups is 1. The standard InChI is InChI=1S/C19H15ClO2/c1-12-9-13(2)18-15(10-12)11-22-19(18)17(21)8-5-14-3-6-16(20)7-4-14/h3-11H,1-2H3. The molecule has 22 heavy (non-hydrogen) atoms. The highest BCUT2D eigenvalue weighted by atomic mass is 35.5. The molecule has 0 amide bonds. The molecule has 0 N–H and O–H groups in total. The zero-order chi connectivity index (χ0) is 15.7. The van der Waals surface area contributed by atoms with Crippen LogP contribution in [0.5, 0.6) is 0 Å². The average Bonchev–Trinajstić information content (AvgIpc) is 2.90. The normalized spacial score (nSPS) is 11.4. The van der Waals surface area contributed by atoms with E-state index in [-0.39, 0.29) is 5.78 Å². The molecule has 3 heteroatoms. The van der Waals surface area contributed by atoms with Crippen molar-refractivity contribution in [2.75, 3.05) is 0 Å². The van der Waals surface area contributed by atoms with Crippen LogP contribution in [0.25, 0.3) is 16.8 Å². The van der Waals surface area contributed by atoms with E-state index < -0.39 is 0 Å². The van der Waals surface area contributed by atoms with Gasteiger partial charge in [-0.15, -0.1) is 0 Å². The van der Waals surface area contributed by atoms with Gasteiger partial charge in [0.2, 0.25) is 5.78 Å². The number of fused-ring (bicyclic) bond motifs is 1. The monoisotopic (exact) mass is 310 g/mol. The van der Waals surface area contributed by atoms with Gasteiger partial charge in [-0.3, -0.25) is 4.79 Å². The second kappa shape index (κ2) is 5.82. The molecule has 0 saturated carbocycles. The zero-order valence-corrected chi connectivity index (χ0v) is 13.1. The van der Waals surface area contributed by atoms with Crippen molar-refractivity contribution in [1.82, 2.24) is 0 Å². The van der Waals surface area contributed by atoms with Gasteiger partial charge in [0.15, 0.2) is 5.76 Å². The molecular weight excluding hydrogens is 296 g/mol. The van der Waals surface area contributed by atoms with Crippen molar-refractivity contribution < 1.29 is 9.21 Å². The molecule has 2 aromatic carbocycles. The summed E-state index contributed by atoms with van der Waals surface area (Å²) in [7, 11) is 0. The van der Waals surface area contributed by atoms with Crippen molar-refractivity contribution >= 4 is 34.2 Å². The Morgan fingerprint density at radius 3 is 2.59 bits per heavy atom. The van der Waals surface area contributed by atoms with Crippen LogP contribution in [0.2, 0.25) is 5.02 Å². The van der Waals surface area contributed by atoms with Gasteiger partial charge < -0.3 is 4.42 Å². The maximum Gasteiger partial charge on any atom is 0.221 e. The van der Waals surface area contributed by atoms with E-state index in [1.54, 1.807) is 24.5 Å². The summed E-state index contributed by atoms with van der Waals surface area (Å²) in [5.41, 5.74) is 3.12. The summed E-state index contributed by atoms with van der Waals surface area (Å²) in [6.07, 6.45) is 4.93. The number of hydrogen-bond acceptors (Lipinski definition) is 2. The average molecular weight is 311 g/mol. The molecule has 0 unspecified atom stereocenters. The molecule has 0 aliphatic rings. The molecule has 0 radical (unpaired) electrons. The first kappa shape index (κ1) is 14.6. The molecular formula is C19H15ClO2. The lowest BCUT2D eigenvalue weighted by Gasteiger charge is -2.00. The van der Waals surface area contributed by atoms with Crippen molar-refractivity contribution in [2.24, 2.45) is 0 Å². The van der Waals surface area contributed by atoms with Crippen molar-refractivity contribution in [2.45, 2.75) is 13.8 Å². The van der Waals surface area contributed by atoms with E-state index >= 15 is 0 Å². The molecule has 1 heterocycles. The largest absolute Gasteiger partial charge is 0.460 e. The van der Waals surface area contributed by atoms with Gasteiger partial charge in [-0.05, 0) is 49.2 Å². The van der Waals surface area contributed by atoms with Crippen LogP contribution in [0, 0.1) is 13.8 Å². The Kier molecular flexibility index (Phi) is 3.86. The third kappa shape index (κ3) is 2.83. The predicted molar refractivity (Wildman–Crippen MR) is 90.5 cm³/mol. The molecule has 3 aromatic rings. The quantitative estimate of drug-likeness (QED) is 0.465. The Balaban J connectivity index is 1.94. The number of halogens is 1. The Morgan fingerprint density at radius 2 is 1.86 bits per heavy atom. The fourth-order valence-electron chi connectivity index (χ4n) is 2.59. The summed E-state index contributed by atoms with van der Waals surface area (Å²) in [4.78, 5) is 12.4. The molecule has 0 aliphatic carbocycles. The molecule has 0 aliphatic heterocycles. The first-order valence-corrected chi connectivity index (χ1v) is 7.39. The van der Waals surface area contributed by atoms with Gasteiger partial charge in [-0.25, -0.2) is 0 Å². The summed E-state index contributed by atoms with van der Waals surface area (Å²) < 4.78 is 5.50. The van der Waals surface area contributed by atoms with Crippen molar-refractivity contribution in [3.63, 3.8) is 0 Å². The Hall–Kier alpha value is -2.32. The number of aryl methyl sites for hydroxylation is 2. The van der Waals surface area contributed by atoms with Gasteiger partial charge in [0.05, 0.1) is 6.26 Å². The number of benzene rings is 2. The van der Waals surface area contributed by atoms with Gasteiger partial charge in [-0.2, -0.15) is 0 Å². The Morgan fingerprint density at radius 1 is 1.14 bits per heavy atom. The molecule has 3 rings (SSSR count). The summed E-state index contributed by atoms with van der Waals surface area (Å²) in [6, 6.07) is 11.4. The first-order valence-electron chi connectivity index (χ1n) is 7.01. The smallest absolute Gasteiger partial charge is 0.221 e. The first-order chi connectivity index (χ1) is 10.5. The van der Waals surface area contributed by atoms with Crippen LogP contribution < -0.4 is 0 Å². The molecule has 0 bridgehead atoms. The minimum atomic E-state index is -0.142. The van der Waals surface area contributed by atoms with Crippen LogP contribution in [-0.4, -0.2) is 5.78 Å². The highest BCUT2D eigenvalue weighted by molar-refractivity contribution is 6.30. The highest BCUT2D eigenvalue weighted by Gasteiger charge is 2.14. The van der Waals surface area contributed by atoms with Crippen LogP contribution >= 0.6 is 11.6 Å². The lowest BCUT2D eigenvalue weighted by atomic mass is 10.0. The van der Waals surface area contributed by atoms with E-state index in [1.807, 2.05) is 32.0 Å². The van der Waals surface area contributed by atoms with Gasteiger partial charge in [0.25, 0.3) is 0 Å². The SMILES string of the molecule is Cc1cc(C)c2c(C(=O)C=Cc3ccc(Cl)cc3)occ2c1. The fraction of sp³-hybridized carbons (Fsp3) is 0.105. The van der Waals surface area contributed by atoms with Crippen LogP contribution in [0.15, 0.2) is 53.2 Å². The third-order valence-electron chi connectivity index (χ3n) is 3.56. The molecule has 1 aromatic heterocycles. The number of allylic oxidation sites excluding steroid dienone is 1. The van der Waals surface area contributed by atoms with E-state index in [4.69, 9.17) is 16.0 Å². The second-order valence-electron chi connectivity index (χ2n) is 5.36. The number of furan rings is 1. The lowest BCUT2D eigenvalue weighted by Crippen LogP contribution is -1.93. The lowest BCUT2D eigenvalue weighted by molar-refractivity contribution is 0.102. The number of rotatable bonds is 3. The maximum atomic E-state index is 12.4. The van der Waals surface area contributed by atoms with Crippen LogP contribution in [-0.2, 0) is 0 Å². The molecule has 110 valence electrons. The maximum absolute atomic E-state index is 12.4. The molecule has 0 spiro atoms. The number of ketones is 1. The van der Waals surface area contributed by atoms with E-state index in [0.717, 1.165) is 27.5 Å². The van der Waals surface area contributed by atoms with Crippen LogP contribution in [0.1, 0.15) is 27.2 Å². The predicted octanol–water partition coefficient (Wildman–Crippen LogP) is 5.60. The zero-order valence-electron chi connectivity index (χ0n) is 12.4. The van der Waals surface area contributed by atoms with E-state index in [1.165, 1.54) is 6.08 Å². The van der Waals surface area contributed by atoms with E-state index in [0.29, 0.717) is 10.8 Å². The summed E-state index contributed by atoms with van der Waals surface area (Å²) in [5, 5.41) is 2.52. The van der Waals surface area contributed by atoms with Gasteiger partial charge in [0.1, 0.15) is 0 Å². The van der Waals surface area contributed by atoms with Gasteiger partial charge in [-0.1, -0.05) is 41.4 Å². The van der Waals surface area contributed by atoms with Crippen LogP contribution in [0.3, 0.4) is 0 Å². The van der Waals surface area contributed by atoms with Crippen molar-refractivity contribution in [1.29, 1.82) is 0 Å². The van der Waals surface area contributed by atoms with Crippen molar-refractivity contribution in [3.05, 3.63) is 76.2 Å². The summed E-state index contributed by atoms with van der Waals surface area (Å²) >= 11 is 5.85. The third-order valence-corrected chi connectivity index (χ3v) is 3.81. The summed E-state index contributed by atoms with van der Waals surface area (Å²) in [5.74, 6) is 0.245. The van der Waals surface area contributed by atoms with Crippen molar-refractivity contribution in [3.8, 4) is 0 Å². The van der Waals surface area contributed by atoms with Crippen LogP contribution in [0.4, 0.5) is 0 Å². The number of hydrogen-bond donors (Lipinski definition) is 0. The molecule has 0 fully saturated rings. The number of carbonyl (C=O) groups excluding carboxylic acids is 1. The summed E-state index contributed by atoms with van der Waals surface area (Å²) in [6.45, 7) is 4.02.